The van der Waals surface area contributed by atoms with Crippen molar-refractivity contribution < 1.29 is 34.6 Å². The average Bonchev–Trinajstić information content (AvgIpc) is 3.18. The molecule has 39 heavy (non-hydrogen) atoms. The van der Waals surface area contributed by atoms with Gasteiger partial charge in [0.05, 0.1) is 24.1 Å². The van der Waals surface area contributed by atoms with E-state index in [0.29, 0.717) is 5.56 Å². The van der Waals surface area contributed by atoms with E-state index in [1.165, 1.54) is 24.4 Å². The highest BCUT2D eigenvalue weighted by molar-refractivity contribution is 7.89. The van der Waals surface area contributed by atoms with Gasteiger partial charge >= 0.3 is 0 Å². The second-order valence-electron chi connectivity index (χ2n) is 10.7. The third-order valence-electron chi connectivity index (χ3n) is 6.48. The first-order chi connectivity index (χ1) is 17.7. The second-order valence-corrected chi connectivity index (χ2v) is 19.4. The van der Waals surface area contributed by atoms with Crippen molar-refractivity contribution in [1.29, 1.82) is 0 Å². The number of rotatable bonds is 10. The summed E-state index contributed by atoms with van der Waals surface area (Å²) in [5, 5.41) is -0.478. The van der Waals surface area contributed by atoms with Crippen molar-refractivity contribution in [2.24, 2.45) is 0 Å². The summed E-state index contributed by atoms with van der Waals surface area (Å²) in [5.74, 6) is -1.29. The number of ketones is 1. The van der Waals surface area contributed by atoms with Crippen LogP contribution in [0.1, 0.15) is 48.6 Å². The lowest BCUT2D eigenvalue weighted by Gasteiger charge is -2.38. The molecule has 0 bridgehead atoms. The number of carbonyl (C=O) groups is 1. The minimum Gasteiger partial charge on any atom is -0.404 e. The third kappa shape index (κ3) is 7.30. The van der Waals surface area contributed by atoms with Gasteiger partial charge in [-0.25, -0.2) is 26.7 Å². The van der Waals surface area contributed by atoms with Crippen LogP contribution in [0, 0.1) is 5.82 Å². The summed E-state index contributed by atoms with van der Waals surface area (Å²) in [6.45, 7) is 9.18. The number of fused-ring (bicyclic) bond motifs is 1. The molecule has 2 aromatic heterocycles. The van der Waals surface area contributed by atoms with Gasteiger partial charge in [-0.15, -0.1) is 0 Å². The van der Waals surface area contributed by atoms with Crippen molar-refractivity contribution >= 4 is 57.0 Å². The summed E-state index contributed by atoms with van der Waals surface area (Å²) in [4.78, 5) is 21.9. The van der Waals surface area contributed by atoms with Crippen LogP contribution in [-0.2, 0) is 35.2 Å². The Hall–Kier alpha value is -2.23. The van der Waals surface area contributed by atoms with Gasteiger partial charge in [-0.2, -0.15) is 8.42 Å². The number of aromatic nitrogens is 3. The molecule has 3 rings (SSSR count). The minimum atomic E-state index is -4.13. The molecule has 3 aromatic rings. The number of carbonyl (C=O) groups excluding carboxylic acids is 1. The SMILES string of the molecule is CC(C)(C)[Si](C)(C)OC(COS(C)(=O)=O)c1nc2nccc(C(=O)Cc3ccc(F)c(Cl)c3)c2n1S(C)(=O)=O. The number of pyridine rings is 1. The summed E-state index contributed by atoms with van der Waals surface area (Å²) in [6.07, 6.45) is 1.69. The number of hydrogen-bond donors (Lipinski definition) is 0. The summed E-state index contributed by atoms with van der Waals surface area (Å²) in [5.41, 5.74) is 0.278. The molecule has 0 aliphatic rings. The van der Waals surface area contributed by atoms with E-state index in [9.17, 15) is 26.0 Å². The van der Waals surface area contributed by atoms with Gasteiger partial charge < -0.3 is 4.43 Å². The molecule has 0 aliphatic carbocycles. The molecule has 0 fully saturated rings. The lowest BCUT2D eigenvalue weighted by atomic mass is 10.0. The highest BCUT2D eigenvalue weighted by atomic mass is 35.5. The molecule has 10 nitrogen and oxygen atoms in total. The van der Waals surface area contributed by atoms with Crippen LogP contribution in [-0.4, -0.2) is 64.0 Å². The fourth-order valence-electron chi connectivity index (χ4n) is 3.57. The smallest absolute Gasteiger partial charge is 0.264 e. The Bertz CT molecular complexity index is 1640. The predicted molar refractivity (Wildman–Crippen MR) is 149 cm³/mol. The van der Waals surface area contributed by atoms with Gasteiger partial charge in [-0.05, 0) is 41.9 Å². The van der Waals surface area contributed by atoms with E-state index in [1.807, 2.05) is 33.9 Å². The van der Waals surface area contributed by atoms with Gasteiger partial charge in [0.15, 0.2) is 25.6 Å². The van der Waals surface area contributed by atoms with E-state index in [4.69, 9.17) is 20.2 Å². The lowest BCUT2D eigenvalue weighted by Crippen LogP contribution is -2.43. The van der Waals surface area contributed by atoms with E-state index in [-0.39, 0.29) is 39.0 Å². The Labute approximate surface area is 233 Å². The van der Waals surface area contributed by atoms with Gasteiger partial charge in [0.2, 0.25) is 10.0 Å². The Balaban J connectivity index is 2.22. The first kappa shape index (κ1) is 31.3. The molecule has 1 unspecified atom stereocenters. The summed E-state index contributed by atoms with van der Waals surface area (Å²) >= 11 is 5.85. The van der Waals surface area contributed by atoms with E-state index in [1.54, 1.807) is 0 Å². The maximum atomic E-state index is 13.6. The first-order valence-electron chi connectivity index (χ1n) is 11.8. The summed E-state index contributed by atoms with van der Waals surface area (Å²) in [6, 6.07) is 5.22. The summed E-state index contributed by atoms with van der Waals surface area (Å²) < 4.78 is 75.8. The highest BCUT2D eigenvalue weighted by Crippen LogP contribution is 2.40. The zero-order valence-electron chi connectivity index (χ0n) is 22.7. The molecular weight excluding hydrogens is 589 g/mol. The fourth-order valence-corrected chi connectivity index (χ4v) is 6.39. The van der Waals surface area contributed by atoms with Crippen molar-refractivity contribution in [3.8, 4) is 0 Å². The van der Waals surface area contributed by atoms with Crippen LogP contribution < -0.4 is 0 Å². The molecule has 0 saturated heterocycles. The fraction of sp³-hybridized carbons (Fsp3) is 0.458. The molecule has 0 N–H and O–H groups in total. The zero-order valence-corrected chi connectivity index (χ0v) is 26.0. The van der Waals surface area contributed by atoms with Crippen molar-refractivity contribution in [3.63, 3.8) is 0 Å². The molecule has 2 heterocycles. The second kappa shape index (κ2) is 11.0. The van der Waals surface area contributed by atoms with E-state index < -0.39 is 52.8 Å². The van der Waals surface area contributed by atoms with Crippen molar-refractivity contribution in [3.05, 3.63) is 58.3 Å². The molecule has 15 heteroatoms. The van der Waals surface area contributed by atoms with E-state index in [0.717, 1.165) is 22.6 Å². The Morgan fingerprint density at radius 1 is 1.15 bits per heavy atom. The van der Waals surface area contributed by atoms with Crippen LogP contribution in [0.25, 0.3) is 11.2 Å². The number of benzene rings is 1. The van der Waals surface area contributed by atoms with Crippen LogP contribution in [0.3, 0.4) is 0 Å². The van der Waals surface area contributed by atoms with E-state index in [2.05, 4.69) is 9.97 Å². The molecule has 0 amide bonds. The topological polar surface area (TPSA) is 135 Å². The van der Waals surface area contributed by atoms with Gasteiger partial charge in [-0.1, -0.05) is 38.4 Å². The number of nitrogens with zero attached hydrogens (tertiary/aromatic N) is 3. The molecule has 0 radical (unpaired) electrons. The normalized spacial score (nSPS) is 14.1. The highest BCUT2D eigenvalue weighted by Gasteiger charge is 2.42. The number of hydrogen-bond acceptors (Lipinski definition) is 9. The standard InChI is InChI=1S/C24H31ClFN3O7S2Si/c1-24(2,3)39(6,7)36-20(14-35-38(5,33)34)23-28-22-21(29(23)37(4,31)32)16(10-11-27-22)19(30)13-15-8-9-18(26)17(25)12-15/h8-12,20H,13-14H2,1-7H3. The van der Waals surface area contributed by atoms with Gasteiger partial charge in [-0.3, -0.25) is 8.98 Å². The molecule has 1 atom stereocenters. The quantitative estimate of drug-likeness (QED) is 0.183. The first-order valence-corrected chi connectivity index (χ1v) is 18.7. The van der Waals surface area contributed by atoms with Gasteiger partial charge in [0, 0.05) is 18.2 Å². The number of Topliss-reactive ketones (excluding diaryl/α,β-unsaturated/α-hetero) is 1. The Morgan fingerprint density at radius 3 is 2.33 bits per heavy atom. The van der Waals surface area contributed by atoms with Gasteiger partial charge in [0.1, 0.15) is 17.4 Å². The average molecular weight is 620 g/mol. The number of imidazole rings is 1. The Morgan fingerprint density at radius 2 is 1.79 bits per heavy atom. The van der Waals surface area contributed by atoms with Crippen molar-refractivity contribution in [2.75, 3.05) is 19.1 Å². The third-order valence-corrected chi connectivity index (χ3v) is 12.9. The maximum Gasteiger partial charge on any atom is 0.264 e. The van der Waals surface area contributed by atoms with E-state index >= 15 is 0 Å². The van der Waals surface area contributed by atoms with Crippen LogP contribution in [0.15, 0.2) is 30.5 Å². The molecular formula is C24H31ClFN3O7S2Si. The Kier molecular flexibility index (Phi) is 8.81. The van der Waals surface area contributed by atoms with Crippen LogP contribution in [0.4, 0.5) is 4.39 Å². The minimum absolute atomic E-state index is 0.000250. The lowest BCUT2D eigenvalue weighted by molar-refractivity contribution is 0.0994. The molecule has 0 saturated carbocycles. The molecule has 1 aromatic carbocycles. The predicted octanol–water partition coefficient (Wildman–Crippen LogP) is 4.50. The zero-order chi connectivity index (χ0) is 29.6. The van der Waals surface area contributed by atoms with Gasteiger partial charge in [0.25, 0.3) is 10.1 Å². The van der Waals surface area contributed by atoms with Crippen molar-refractivity contribution in [1.82, 2.24) is 13.9 Å². The van der Waals surface area contributed by atoms with Crippen LogP contribution in [0.2, 0.25) is 23.2 Å². The van der Waals surface area contributed by atoms with Crippen LogP contribution >= 0.6 is 11.6 Å². The molecule has 0 spiro atoms. The molecule has 214 valence electrons. The largest absolute Gasteiger partial charge is 0.404 e. The summed E-state index contributed by atoms with van der Waals surface area (Å²) in [7, 11) is -10.7. The monoisotopic (exact) mass is 619 g/mol. The maximum absolute atomic E-state index is 13.6. The molecule has 0 aliphatic heterocycles. The van der Waals surface area contributed by atoms with Crippen molar-refractivity contribution in [2.45, 2.75) is 51.4 Å². The number of halogens is 2. The van der Waals surface area contributed by atoms with Crippen LogP contribution in [0.5, 0.6) is 0 Å².